The van der Waals surface area contributed by atoms with Crippen LogP contribution in [0.1, 0.15) is 51.4 Å². The lowest BCUT2D eigenvalue weighted by molar-refractivity contribution is -0.125. The minimum atomic E-state index is -0.221. The Labute approximate surface area is 127 Å². The number of carbonyl (C=O) groups excluding carboxylic acids is 2. The fourth-order valence-electron chi connectivity index (χ4n) is 4.31. The standard InChI is InChI=1S/C16H27N3O2/c20-14-12-17-15(21)19(14)11-10-18-9-5-8-16(13-18)6-3-1-2-4-7-16/h1-13H2,(H,17,21). The highest BCUT2D eigenvalue weighted by atomic mass is 16.2. The Kier molecular flexibility index (Phi) is 4.48. The van der Waals surface area contributed by atoms with E-state index in [-0.39, 0.29) is 18.5 Å². The van der Waals surface area contributed by atoms with Crippen LogP contribution in [0.15, 0.2) is 0 Å². The van der Waals surface area contributed by atoms with Gasteiger partial charge in [-0.25, -0.2) is 4.79 Å². The van der Waals surface area contributed by atoms with Gasteiger partial charge >= 0.3 is 6.03 Å². The van der Waals surface area contributed by atoms with Gasteiger partial charge in [0.2, 0.25) is 5.91 Å². The van der Waals surface area contributed by atoms with Crippen LogP contribution >= 0.6 is 0 Å². The Morgan fingerprint density at radius 1 is 0.952 bits per heavy atom. The van der Waals surface area contributed by atoms with Crippen LogP contribution in [-0.4, -0.2) is 54.5 Å². The summed E-state index contributed by atoms with van der Waals surface area (Å²) < 4.78 is 0. The molecule has 0 bridgehead atoms. The Hall–Kier alpha value is -1.10. The summed E-state index contributed by atoms with van der Waals surface area (Å²) in [6, 6.07) is -0.221. The van der Waals surface area contributed by atoms with E-state index in [1.54, 1.807) is 0 Å². The van der Waals surface area contributed by atoms with E-state index < -0.39 is 0 Å². The molecule has 2 heterocycles. The first-order valence-corrected chi connectivity index (χ1v) is 8.49. The van der Waals surface area contributed by atoms with Crippen molar-refractivity contribution >= 4 is 11.9 Å². The van der Waals surface area contributed by atoms with Gasteiger partial charge in [0, 0.05) is 19.6 Å². The third kappa shape index (κ3) is 3.39. The molecule has 0 unspecified atom stereocenters. The predicted octanol–water partition coefficient (Wildman–Crippen LogP) is 1.97. The normalized spacial score (nSPS) is 27.0. The number of likely N-dealkylation sites (tertiary alicyclic amines) is 1. The monoisotopic (exact) mass is 293 g/mol. The molecule has 2 saturated heterocycles. The number of hydrogen-bond acceptors (Lipinski definition) is 3. The fraction of sp³-hybridized carbons (Fsp3) is 0.875. The van der Waals surface area contributed by atoms with Crippen LogP contribution in [0.4, 0.5) is 4.79 Å². The van der Waals surface area contributed by atoms with E-state index in [2.05, 4.69) is 10.2 Å². The smallest absolute Gasteiger partial charge is 0.324 e. The second-order valence-electron chi connectivity index (χ2n) is 7.00. The van der Waals surface area contributed by atoms with Gasteiger partial charge in [-0.15, -0.1) is 0 Å². The molecule has 0 aromatic rings. The summed E-state index contributed by atoms with van der Waals surface area (Å²) in [5.41, 5.74) is 0.520. The maximum absolute atomic E-state index is 11.6. The van der Waals surface area contributed by atoms with Crippen molar-refractivity contribution in [1.29, 1.82) is 0 Å². The summed E-state index contributed by atoms with van der Waals surface area (Å²) >= 11 is 0. The maximum Gasteiger partial charge on any atom is 0.324 e. The molecule has 3 rings (SSSR count). The number of hydrogen-bond donors (Lipinski definition) is 1. The molecule has 2 aliphatic heterocycles. The minimum absolute atomic E-state index is 0.0822. The van der Waals surface area contributed by atoms with Crippen LogP contribution in [0, 0.1) is 5.41 Å². The lowest BCUT2D eigenvalue weighted by atomic mass is 9.74. The van der Waals surface area contributed by atoms with Gasteiger partial charge in [-0.1, -0.05) is 25.7 Å². The third-order valence-electron chi connectivity index (χ3n) is 5.48. The van der Waals surface area contributed by atoms with Crippen LogP contribution in [0.25, 0.3) is 0 Å². The number of piperidine rings is 1. The molecule has 5 heteroatoms. The van der Waals surface area contributed by atoms with E-state index in [9.17, 15) is 9.59 Å². The largest absolute Gasteiger partial charge is 0.329 e. The number of nitrogens with zero attached hydrogens (tertiary/aromatic N) is 2. The lowest BCUT2D eigenvalue weighted by Gasteiger charge is -2.43. The van der Waals surface area contributed by atoms with Crippen molar-refractivity contribution in [2.45, 2.75) is 51.4 Å². The molecule has 0 radical (unpaired) electrons. The Balaban J connectivity index is 1.53. The Bertz CT molecular complexity index is 386. The molecule has 1 saturated carbocycles. The molecule has 3 amide bonds. The first kappa shape index (κ1) is 14.8. The van der Waals surface area contributed by atoms with Gasteiger partial charge in [-0.2, -0.15) is 0 Å². The second-order valence-corrected chi connectivity index (χ2v) is 7.00. The van der Waals surface area contributed by atoms with Crippen molar-refractivity contribution in [2.24, 2.45) is 5.41 Å². The zero-order valence-electron chi connectivity index (χ0n) is 12.9. The highest BCUT2D eigenvalue weighted by molar-refractivity contribution is 6.01. The molecular formula is C16H27N3O2. The summed E-state index contributed by atoms with van der Waals surface area (Å²) in [7, 11) is 0. The topological polar surface area (TPSA) is 52.7 Å². The SMILES string of the molecule is O=C1CNC(=O)N1CCN1CCCC2(CCCCCC2)C1. The molecule has 0 aromatic carbocycles. The highest BCUT2D eigenvalue weighted by Gasteiger charge is 2.36. The fourth-order valence-corrected chi connectivity index (χ4v) is 4.31. The molecule has 3 fully saturated rings. The summed E-state index contributed by atoms with van der Waals surface area (Å²) in [6.07, 6.45) is 10.9. The van der Waals surface area contributed by atoms with Crippen molar-refractivity contribution in [3.8, 4) is 0 Å². The van der Waals surface area contributed by atoms with Gasteiger partial charge in [0.25, 0.3) is 0 Å². The van der Waals surface area contributed by atoms with E-state index in [1.165, 1.54) is 56.3 Å². The van der Waals surface area contributed by atoms with Crippen LogP contribution in [-0.2, 0) is 4.79 Å². The van der Waals surface area contributed by atoms with Crippen molar-refractivity contribution in [1.82, 2.24) is 15.1 Å². The minimum Gasteiger partial charge on any atom is -0.329 e. The molecule has 118 valence electrons. The summed E-state index contributed by atoms with van der Waals surface area (Å²) in [5.74, 6) is -0.0822. The molecule has 0 aromatic heterocycles. The van der Waals surface area contributed by atoms with Crippen molar-refractivity contribution in [3.05, 3.63) is 0 Å². The van der Waals surface area contributed by atoms with Gasteiger partial charge in [-0.05, 0) is 37.6 Å². The number of urea groups is 1. The molecule has 5 nitrogen and oxygen atoms in total. The van der Waals surface area contributed by atoms with E-state index in [4.69, 9.17) is 0 Å². The molecule has 0 atom stereocenters. The molecule has 1 N–H and O–H groups in total. The average Bonchev–Trinajstić information content (AvgIpc) is 2.67. The number of rotatable bonds is 3. The van der Waals surface area contributed by atoms with Gasteiger partial charge < -0.3 is 10.2 Å². The van der Waals surface area contributed by atoms with Crippen LogP contribution in [0.3, 0.4) is 0 Å². The Morgan fingerprint density at radius 2 is 1.67 bits per heavy atom. The van der Waals surface area contributed by atoms with E-state index in [0.29, 0.717) is 12.0 Å². The summed E-state index contributed by atoms with van der Waals surface area (Å²) in [5, 5.41) is 2.59. The molecule has 21 heavy (non-hydrogen) atoms. The highest BCUT2D eigenvalue weighted by Crippen LogP contribution is 2.42. The first-order chi connectivity index (χ1) is 10.2. The second kappa shape index (κ2) is 6.34. The number of carbonyl (C=O) groups is 2. The van der Waals surface area contributed by atoms with E-state index in [0.717, 1.165) is 19.6 Å². The number of nitrogens with one attached hydrogen (secondary N) is 1. The molecule has 3 aliphatic rings. The average molecular weight is 293 g/mol. The van der Waals surface area contributed by atoms with E-state index >= 15 is 0 Å². The zero-order valence-corrected chi connectivity index (χ0v) is 12.9. The first-order valence-electron chi connectivity index (χ1n) is 8.49. The van der Waals surface area contributed by atoms with Crippen LogP contribution in [0.2, 0.25) is 0 Å². The predicted molar refractivity (Wildman–Crippen MR) is 80.9 cm³/mol. The van der Waals surface area contributed by atoms with Crippen molar-refractivity contribution in [2.75, 3.05) is 32.7 Å². The maximum atomic E-state index is 11.6. The lowest BCUT2D eigenvalue weighted by Crippen LogP contribution is -2.46. The van der Waals surface area contributed by atoms with E-state index in [1.807, 2.05) is 0 Å². The van der Waals surface area contributed by atoms with Crippen molar-refractivity contribution in [3.63, 3.8) is 0 Å². The van der Waals surface area contributed by atoms with Gasteiger partial charge in [-0.3, -0.25) is 9.69 Å². The summed E-state index contributed by atoms with van der Waals surface area (Å²) in [4.78, 5) is 27.0. The Morgan fingerprint density at radius 3 is 2.33 bits per heavy atom. The van der Waals surface area contributed by atoms with Crippen molar-refractivity contribution < 1.29 is 9.59 Å². The zero-order chi connectivity index (χ0) is 14.7. The quantitative estimate of drug-likeness (QED) is 0.810. The number of imide groups is 1. The molecular weight excluding hydrogens is 266 g/mol. The number of amides is 3. The van der Waals surface area contributed by atoms with Crippen LogP contribution < -0.4 is 5.32 Å². The van der Waals surface area contributed by atoms with Crippen LogP contribution in [0.5, 0.6) is 0 Å². The molecule has 1 spiro atoms. The van der Waals surface area contributed by atoms with Gasteiger partial charge in [0.15, 0.2) is 0 Å². The van der Waals surface area contributed by atoms with Gasteiger partial charge in [0.05, 0.1) is 6.54 Å². The molecule has 1 aliphatic carbocycles. The van der Waals surface area contributed by atoms with Gasteiger partial charge in [0.1, 0.15) is 0 Å². The third-order valence-corrected chi connectivity index (χ3v) is 5.48. The summed E-state index contributed by atoms with van der Waals surface area (Å²) in [6.45, 7) is 3.83.